The van der Waals surface area contributed by atoms with Gasteiger partial charge in [-0.15, -0.1) is 0 Å². The number of pyridine rings is 1. The first-order valence-electron chi connectivity index (χ1n) is 8.81. The summed E-state index contributed by atoms with van der Waals surface area (Å²) < 4.78 is 5.51. The second-order valence-corrected chi connectivity index (χ2v) is 6.83. The molecule has 3 rings (SSSR count). The quantitative estimate of drug-likeness (QED) is 0.803. The fourth-order valence-corrected chi connectivity index (χ4v) is 3.19. The molecule has 136 valence electrons. The Morgan fingerprint density at radius 1 is 1.08 bits per heavy atom. The first-order chi connectivity index (χ1) is 12.6. The van der Waals surface area contributed by atoms with Crippen LogP contribution >= 0.6 is 11.6 Å². The smallest absolute Gasteiger partial charge is 0.339 e. The van der Waals surface area contributed by atoms with E-state index >= 15 is 0 Å². The van der Waals surface area contributed by atoms with Crippen LogP contribution in [-0.2, 0) is 9.53 Å². The molecule has 0 bridgehead atoms. The highest BCUT2D eigenvalue weighted by Gasteiger charge is 2.29. The SMILES string of the molecule is O=C(OC(C(=O)NC1CCCCC1)c1ccccn1)c1ccc(Cl)cc1. The number of esters is 1. The van der Waals surface area contributed by atoms with E-state index in [2.05, 4.69) is 10.3 Å². The first kappa shape index (κ1) is 18.4. The molecule has 1 aliphatic rings. The van der Waals surface area contributed by atoms with Gasteiger partial charge in [-0.1, -0.05) is 36.9 Å². The van der Waals surface area contributed by atoms with Crippen molar-refractivity contribution in [3.63, 3.8) is 0 Å². The van der Waals surface area contributed by atoms with E-state index in [1.807, 2.05) is 0 Å². The molecule has 1 fully saturated rings. The average Bonchev–Trinajstić information content (AvgIpc) is 2.68. The van der Waals surface area contributed by atoms with Gasteiger partial charge >= 0.3 is 5.97 Å². The van der Waals surface area contributed by atoms with Crippen LogP contribution in [0.2, 0.25) is 5.02 Å². The Balaban J connectivity index is 1.75. The highest BCUT2D eigenvalue weighted by atomic mass is 35.5. The number of aromatic nitrogens is 1. The van der Waals surface area contributed by atoms with Gasteiger partial charge in [0.1, 0.15) is 0 Å². The fraction of sp³-hybridized carbons (Fsp3) is 0.350. The minimum Gasteiger partial charge on any atom is -0.442 e. The maximum absolute atomic E-state index is 12.8. The topological polar surface area (TPSA) is 68.3 Å². The van der Waals surface area contributed by atoms with E-state index in [0.29, 0.717) is 16.3 Å². The minimum atomic E-state index is -1.08. The van der Waals surface area contributed by atoms with Gasteiger partial charge in [0.05, 0.1) is 11.3 Å². The number of carbonyl (C=O) groups is 2. The minimum absolute atomic E-state index is 0.122. The van der Waals surface area contributed by atoms with Crippen molar-refractivity contribution < 1.29 is 14.3 Å². The Morgan fingerprint density at radius 2 is 1.81 bits per heavy atom. The van der Waals surface area contributed by atoms with E-state index in [1.165, 1.54) is 6.42 Å². The largest absolute Gasteiger partial charge is 0.442 e. The molecule has 1 unspecified atom stereocenters. The van der Waals surface area contributed by atoms with E-state index in [-0.39, 0.29) is 11.9 Å². The number of nitrogens with zero attached hydrogens (tertiary/aromatic N) is 1. The summed E-state index contributed by atoms with van der Waals surface area (Å²) in [4.78, 5) is 29.4. The number of ether oxygens (including phenoxy) is 1. The normalized spacial score (nSPS) is 15.9. The molecule has 1 amide bonds. The average molecular weight is 373 g/mol. The molecule has 6 heteroatoms. The summed E-state index contributed by atoms with van der Waals surface area (Å²) in [5, 5.41) is 3.53. The molecule has 1 aromatic carbocycles. The Kier molecular flexibility index (Phi) is 6.23. The predicted molar refractivity (Wildman–Crippen MR) is 98.9 cm³/mol. The third-order valence-electron chi connectivity index (χ3n) is 4.45. The summed E-state index contributed by atoms with van der Waals surface area (Å²) in [5.41, 5.74) is 0.740. The molecule has 2 aromatic rings. The molecule has 0 saturated heterocycles. The van der Waals surface area contributed by atoms with Crippen LogP contribution in [0, 0.1) is 0 Å². The monoisotopic (exact) mass is 372 g/mol. The van der Waals surface area contributed by atoms with Crippen LogP contribution in [0.1, 0.15) is 54.3 Å². The van der Waals surface area contributed by atoms with Crippen molar-refractivity contribution in [1.29, 1.82) is 0 Å². The van der Waals surface area contributed by atoms with Crippen LogP contribution in [-0.4, -0.2) is 22.9 Å². The molecule has 26 heavy (non-hydrogen) atoms. The lowest BCUT2D eigenvalue weighted by atomic mass is 9.95. The number of halogens is 1. The Morgan fingerprint density at radius 3 is 2.46 bits per heavy atom. The van der Waals surface area contributed by atoms with Gasteiger partial charge in [0.2, 0.25) is 6.10 Å². The Bertz CT molecular complexity index is 743. The molecule has 1 aromatic heterocycles. The number of nitrogens with one attached hydrogen (secondary N) is 1. The summed E-state index contributed by atoms with van der Waals surface area (Å²) in [7, 11) is 0. The lowest BCUT2D eigenvalue weighted by Gasteiger charge is -2.25. The van der Waals surface area contributed by atoms with Gasteiger partial charge in [0.15, 0.2) is 0 Å². The summed E-state index contributed by atoms with van der Waals surface area (Å²) in [6.45, 7) is 0. The van der Waals surface area contributed by atoms with Crippen LogP contribution in [0.3, 0.4) is 0 Å². The zero-order chi connectivity index (χ0) is 18.4. The number of rotatable bonds is 5. The fourth-order valence-electron chi connectivity index (χ4n) is 3.06. The van der Waals surface area contributed by atoms with Crippen molar-refractivity contribution in [3.8, 4) is 0 Å². The molecule has 5 nitrogen and oxygen atoms in total. The van der Waals surface area contributed by atoms with Crippen molar-refractivity contribution in [1.82, 2.24) is 10.3 Å². The summed E-state index contributed by atoms with van der Waals surface area (Å²) in [6.07, 6.45) is 5.79. The van der Waals surface area contributed by atoms with Crippen molar-refractivity contribution in [2.45, 2.75) is 44.2 Å². The van der Waals surface area contributed by atoms with Gasteiger partial charge in [-0.25, -0.2) is 4.79 Å². The van der Waals surface area contributed by atoms with Crippen molar-refractivity contribution in [2.24, 2.45) is 0 Å². The molecule has 0 aliphatic heterocycles. The molecule has 0 spiro atoms. The molecule has 1 saturated carbocycles. The highest BCUT2D eigenvalue weighted by Crippen LogP contribution is 2.22. The molecule has 1 aliphatic carbocycles. The van der Waals surface area contributed by atoms with Crippen molar-refractivity contribution in [3.05, 3.63) is 64.9 Å². The molecular formula is C20H21ClN2O3. The Labute approximate surface area is 157 Å². The standard InChI is InChI=1S/C20H21ClN2O3/c21-15-11-9-14(10-12-15)20(25)26-18(17-8-4-5-13-22-17)19(24)23-16-6-2-1-3-7-16/h4-5,8-13,16,18H,1-3,6-7H2,(H,23,24). The van der Waals surface area contributed by atoms with Gasteiger partial charge < -0.3 is 10.1 Å². The van der Waals surface area contributed by atoms with Gasteiger partial charge in [0.25, 0.3) is 5.91 Å². The predicted octanol–water partition coefficient (Wildman–Crippen LogP) is 4.08. The third-order valence-corrected chi connectivity index (χ3v) is 4.70. The number of amides is 1. The first-order valence-corrected chi connectivity index (χ1v) is 9.19. The summed E-state index contributed by atoms with van der Waals surface area (Å²) in [6, 6.07) is 11.7. The highest BCUT2D eigenvalue weighted by molar-refractivity contribution is 6.30. The zero-order valence-electron chi connectivity index (χ0n) is 14.4. The number of carbonyl (C=O) groups excluding carboxylic acids is 2. The van der Waals surface area contributed by atoms with Gasteiger partial charge in [-0.2, -0.15) is 0 Å². The van der Waals surface area contributed by atoms with Gasteiger partial charge in [-0.05, 0) is 49.2 Å². The van der Waals surface area contributed by atoms with E-state index in [4.69, 9.17) is 16.3 Å². The second-order valence-electron chi connectivity index (χ2n) is 6.39. The van der Waals surface area contributed by atoms with E-state index in [1.54, 1.807) is 48.7 Å². The lowest BCUT2D eigenvalue weighted by molar-refractivity contribution is -0.131. The third kappa shape index (κ3) is 4.82. The molecule has 0 radical (unpaired) electrons. The molecule has 1 heterocycles. The summed E-state index contributed by atoms with van der Waals surface area (Å²) >= 11 is 5.85. The maximum Gasteiger partial charge on any atom is 0.339 e. The van der Waals surface area contributed by atoms with Gasteiger partial charge in [-0.3, -0.25) is 9.78 Å². The molecule has 1 N–H and O–H groups in total. The van der Waals surface area contributed by atoms with Crippen LogP contribution in [0.4, 0.5) is 0 Å². The van der Waals surface area contributed by atoms with Crippen molar-refractivity contribution in [2.75, 3.05) is 0 Å². The van der Waals surface area contributed by atoms with E-state index in [9.17, 15) is 9.59 Å². The summed E-state index contributed by atoms with van der Waals surface area (Å²) in [5.74, 6) is -0.922. The van der Waals surface area contributed by atoms with Crippen LogP contribution < -0.4 is 5.32 Å². The van der Waals surface area contributed by atoms with Gasteiger partial charge in [0, 0.05) is 17.3 Å². The van der Waals surface area contributed by atoms with Crippen LogP contribution in [0.25, 0.3) is 0 Å². The van der Waals surface area contributed by atoms with Crippen LogP contribution in [0.15, 0.2) is 48.7 Å². The lowest BCUT2D eigenvalue weighted by Crippen LogP contribution is -2.40. The second kappa shape index (κ2) is 8.81. The number of benzene rings is 1. The van der Waals surface area contributed by atoms with E-state index < -0.39 is 12.1 Å². The number of hydrogen-bond donors (Lipinski definition) is 1. The van der Waals surface area contributed by atoms with Crippen molar-refractivity contribution >= 4 is 23.5 Å². The number of hydrogen-bond acceptors (Lipinski definition) is 4. The van der Waals surface area contributed by atoms with E-state index in [0.717, 1.165) is 25.7 Å². The Hall–Kier alpha value is -2.40. The molecule has 1 atom stereocenters. The molecular weight excluding hydrogens is 352 g/mol. The zero-order valence-corrected chi connectivity index (χ0v) is 15.1. The maximum atomic E-state index is 12.8. The van der Waals surface area contributed by atoms with Crippen LogP contribution in [0.5, 0.6) is 0 Å².